The summed E-state index contributed by atoms with van der Waals surface area (Å²) in [5, 5.41) is 8.92. The molecule has 1 N–H and O–H groups in total. The van der Waals surface area contributed by atoms with Crippen molar-refractivity contribution in [1.29, 1.82) is 0 Å². The third-order valence-electron chi connectivity index (χ3n) is 1.37. The molecule has 0 aliphatic carbocycles. The number of nitrogens with zero attached hydrogens (tertiary/aromatic N) is 1. The lowest BCUT2D eigenvalue weighted by Crippen LogP contribution is -1.92. The number of halogens is 2. The Bertz CT molecular complexity index is 309. The van der Waals surface area contributed by atoms with Crippen LogP contribution in [0.1, 0.15) is 41.6 Å². The molecule has 0 aliphatic heterocycles. The molecule has 1 atom stereocenters. The average molecular weight is 191 g/mol. The van der Waals surface area contributed by atoms with Gasteiger partial charge in [0.15, 0.2) is 17.7 Å². The minimum Gasteiger partial charge on any atom is -0.435 e. The third kappa shape index (κ3) is 1.89. The van der Waals surface area contributed by atoms with Crippen molar-refractivity contribution in [2.45, 2.75) is 19.5 Å². The predicted octanol–water partition coefficient (Wildman–Crippen LogP) is 1.48. The van der Waals surface area contributed by atoms with Crippen molar-refractivity contribution in [3.05, 3.63) is 17.3 Å². The maximum absolute atomic E-state index is 12.1. The number of aliphatic hydroxyl groups is 1. The second-order valence-corrected chi connectivity index (χ2v) is 2.40. The normalized spacial score (nSPS) is 13.3. The number of oxazole rings is 1. The zero-order valence-corrected chi connectivity index (χ0v) is 6.70. The maximum Gasteiger partial charge on any atom is 0.284 e. The monoisotopic (exact) mass is 191 g/mol. The summed E-state index contributed by atoms with van der Waals surface area (Å²) in [7, 11) is 0. The Morgan fingerprint density at radius 1 is 1.62 bits per heavy atom. The fourth-order valence-electron chi connectivity index (χ4n) is 0.781. The Hall–Kier alpha value is -1.30. The quantitative estimate of drug-likeness (QED) is 0.735. The highest BCUT2D eigenvalue weighted by Gasteiger charge is 2.22. The van der Waals surface area contributed by atoms with Crippen molar-refractivity contribution in [2.24, 2.45) is 0 Å². The first-order chi connectivity index (χ1) is 6.06. The molecule has 6 heteroatoms. The highest BCUT2D eigenvalue weighted by atomic mass is 19.3. The molecule has 0 saturated carbocycles. The van der Waals surface area contributed by atoms with E-state index in [2.05, 4.69) is 9.40 Å². The summed E-state index contributed by atoms with van der Waals surface area (Å²) < 4.78 is 28.8. The van der Waals surface area contributed by atoms with Gasteiger partial charge in [-0.2, -0.15) is 0 Å². The second kappa shape index (κ2) is 3.61. The Balaban J connectivity index is 3.11. The van der Waals surface area contributed by atoms with Crippen LogP contribution in [0.2, 0.25) is 0 Å². The molecule has 0 aliphatic rings. The summed E-state index contributed by atoms with van der Waals surface area (Å²) in [6.45, 7) is 1.30. The van der Waals surface area contributed by atoms with E-state index in [0.717, 1.165) is 0 Å². The van der Waals surface area contributed by atoms with E-state index in [1.54, 1.807) is 0 Å². The average Bonchev–Trinajstić information content (AvgIpc) is 2.47. The standard InChI is InChI=1S/C7H7F2NO3/c1-3(12)7-10-5(6(8)9)4(2-11)13-7/h2-3,6,12H,1H3/t3-/m1/s1. The van der Waals surface area contributed by atoms with Crippen LogP contribution in [0.15, 0.2) is 4.42 Å². The van der Waals surface area contributed by atoms with Gasteiger partial charge in [-0.25, -0.2) is 13.8 Å². The maximum atomic E-state index is 12.1. The van der Waals surface area contributed by atoms with Gasteiger partial charge >= 0.3 is 0 Å². The van der Waals surface area contributed by atoms with Gasteiger partial charge in [0.05, 0.1) is 0 Å². The van der Waals surface area contributed by atoms with Crippen LogP contribution < -0.4 is 0 Å². The molecule has 13 heavy (non-hydrogen) atoms. The molecule has 1 rings (SSSR count). The molecule has 1 aromatic rings. The number of carbonyl (C=O) groups excluding carboxylic acids is 1. The smallest absolute Gasteiger partial charge is 0.284 e. The fourth-order valence-corrected chi connectivity index (χ4v) is 0.781. The second-order valence-electron chi connectivity index (χ2n) is 2.40. The molecule has 72 valence electrons. The summed E-state index contributed by atoms with van der Waals surface area (Å²) in [5.74, 6) is -0.816. The van der Waals surface area contributed by atoms with Gasteiger partial charge in [0, 0.05) is 0 Å². The van der Waals surface area contributed by atoms with Crippen LogP contribution in [0.3, 0.4) is 0 Å². The molecule has 0 unspecified atom stereocenters. The van der Waals surface area contributed by atoms with E-state index in [-0.39, 0.29) is 12.2 Å². The Labute approximate surface area is 72.2 Å². The third-order valence-corrected chi connectivity index (χ3v) is 1.37. The fraction of sp³-hybridized carbons (Fsp3) is 0.429. The van der Waals surface area contributed by atoms with Gasteiger partial charge < -0.3 is 9.52 Å². The molecule has 0 aromatic carbocycles. The minimum absolute atomic E-state index is 0.139. The largest absolute Gasteiger partial charge is 0.435 e. The first kappa shape index (κ1) is 9.79. The van der Waals surface area contributed by atoms with E-state index >= 15 is 0 Å². The van der Waals surface area contributed by atoms with Crippen LogP contribution >= 0.6 is 0 Å². The number of rotatable bonds is 3. The summed E-state index contributed by atoms with van der Waals surface area (Å²) in [6.07, 6.45) is -3.84. The van der Waals surface area contributed by atoms with Crippen molar-refractivity contribution in [2.75, 3.05) is 0 Å². The molecule has 0 bridgehead atoms. The molecule has 0 fully saturated rings. The van der Waals surface area contributed by atoms with Gasteiger partial charge in [0.2, 0.25) is 5.89 Å². The number of aromatic nitrogens is 1. The van der Waals surface area contributed by atoms with Crippen LogP contribution in [-0.4, -0.2) is 16.4 Å². The molecular weight excluding hydrogens is 184 g/mol. The summed E-state index contributed by atoms with van der Waals surface area (Å²) in [4.78, 5) is 13.5. The minimum atomic E-state index is -2.88. The topological polar surface area (TPSA) is 63.3 Å². The Kier molecular flexibility index (Phi) is 2.72. The molecule has 0 spiro atoms. The zero-order valence-electron chi connectivity index (χ0n) is 6.70. The van der Waals surface area contributed by atoms with Gasteiger partial charge in [-0.05, 0) is 6.92 Å². The molecule has 1 heterocycles. The van der Waals surface area contributed by atoms with Crippen LogP contribution in [0.4, 0.5) is 8.78 Å². The van der Waals surface area contributed by atoms with E-state index in [0.29, 0.717) is 0 Å². The lowest BCUT2D eigenvalue weighted by Gasteiger charge is -1.93. The first-order valence-electron chi connectivity index (χ1n) is 3.48. The molecule has 0 radical (unpaired) electrons. The molecular formula is C7H7F2NO3. The number of carbonyl (C=O) groups is 1. The van der Waals surface area contributed by atoms with Gasteiger partial charge in [-0.3, -0.25) is 4.79 Å². The highest BCUT2D eigenvalue weighted by Crippen LogP contribution is 2.24. The highest BCUT2D eigenvalue weighted by molar-refractivity contribution is 5.72. The first-order valence-corrected chi connectivity index (χ1v) is 3.48. The Morgan fingerprint density at radius 3 is 2.54 bits per heavy atom. The van der Waals surface area contributed by atoms with Crippen molar-refractivity contribution >= 4 is 6.29 Å². The van der Waals surface area contributed by atoms with Crippen molar-refractivity contribution in [1.82, 2.24) is 4.98 Å². The van der Waals surface area contributed by atoms with Gasteiger partial charge in [0.25, 0.3) is 6.43 Å². The van der Waals surface area contributed by atoms with Crippen molar-refractivity contribution < 1.29 is 23.1 Å². The molecule has 0 amide bonds. The number of hydrogen-bond acceptors (Lipinski definition) is 4. The lowest BCUT2D eigenvalue weighted by molar-refractivity contribution is 0.107. The number of aldehydes is 1. The molecule has 4 nitrogen and oxygen atoms in total. The van der Waals surface area contributed by atoms with Crippen LogP contribution in [0.5, 0.6) is 0 Å². The van der Waals surface area contributed by atoms with Gasteiger partial charge in [-0.1, -0.05) is 0 Å². The van der Waals surface area contributed by atoms with Gasteiger partial charge in [0.1, 0.15) is 6.10 Å². The van der Waals surface area contributed by atoms with Crippen molar-refractivity contribution in [3.8, 4) is 0 Å². The Morgan fingerprint density at radius 2 is 2.23 bits per heavy atom. The number of alkyl halides is 2. The van der Waals surface area contributed by atoms with Crippen LogP contribution in [0, 0.1) is 0 Å². The van der Waals surface area contributed by atoms with E-state index in [1.165, 1.54) is 6.92 Å². The van der Waals surface area contributed by atoms with E-state index in [1.807, 2.05) is 0 Å². The predicted molar refractivity (Wildman–Crippen MR) is 37.5 cm³/mol. The molecule has 1 aromatic heterocycles. The van der Waals surface area contributed by atoms with E-state index < -0.39 is 24.0 Å². The lowest BCUT2D eigenvalue weighted by atomic mass is 10.4. The SMILES string of the molecule is C[C@@H](O)c1nc(C(F)F)c(C=O)o1. The van der Waals surface area contributed by atoms with Crippen LogP contribution in [0.25, 0.3) is 0 Å². The van der Waals surface area contributed by atoms with E-state index in [9.17, 15) is 13.6 Å². The molecule has 0 saturated heterocycles. The van der Waals surface area contributed by atoms with Crippen molar-refractivity contribution in [3.63, 3.8) is 0 Å². The number of hydrogen-bond donors (Lipinski definition) is 1. The summed E-state index contributed by atoms with van der Waals surface area (Å²) in [6, 6.07) is 0. The van der Waals surface area contributed by atoms with E-state index in [4.69, 9.17) is 5.11 Å². The van der Waals surface area contributed by atoms with Crippen LogP contribution in [-0.2, 0) is 0 Å². The number of aliphatic hydroxyl groups excluding tert-OH is 1. The summed E-state index contributed by atoms with van der Waals surface area (Å²) >= 11 is 0. The van der Waals surface area contributed by atoms with Gasteiger partial charge in [-0.15, -0.1) is 0 Å². The summed E-state index contributed by atoms with van der Waals surface area (Å²) in [5.41, 5.74) is -0.731. The zero-order chi connectivity index (χ0) is 10.0.